The van der Waals surface area contributed by atoms with Crippen LogP contribution in [0.5, 0.6) is 5.75 Å². The van der Waals surface area contributed by atoms with Crippen molar-refractivity contribution in [2.24, 2.45) is 0 Å². The molecular formula is C21H19N3O2. The molecule has 2 heterocycles. The van der Waals surface area contributed by atoms with E-state index in [1.165, 1.54) is 0 Å². The molecule has 0 aliphatic carbocycles. The zero-order valence-electron chi connectivity index (χ0n) is 14.6. The fourth-order valence-corrected chi connectivity index (χ4v) is 3.06. The standard InChI is InChI=1S/C21H19N3O2/c1-2-11-24-16(14-26-17-9-7-15(13-25)8-10-17)12-20-21(24)23-19-6-4-3-5-18(19)22-20/h3-10,12-13H,2,11,14H2,1H3. The first-order valence-corrected chi connectivity index (χ1v) is 8.71. The van der Waals surface area contributed by atoms with Gasteiger partial charge in [-0.15, -0.1) is 0 Å². The number of aryl methyl sites for hydroxylation is 1. The number of nitrogens with zero attached hydrogens (tertiary/aromatic N) is 3. The molecule has 4 rings (SSSR count). The summed E-state index contributed by atoms with van der Waals surface area (Å²) in [6, 6.07) is 17.1. The van der Waals surface area contributed by atoms with Crippen molar-refractivity contribution in [1.29, 1.82) is 0 Å². The molecule has 4 aromatic rings. The molecule has 0 radical (unpaired) electrons. The Morgan fingerprint density at radius 3 is 2.42 bits per heavy atom. The average Bonchev–Trinajstić information content (AvgIpc) is 3.02. The number of ether oxygens (including phenoxy) is 1. The van der Waals surface area contributed by atoms with Crippen LogP contribution in [0.25, 0.3) is 22.2 Å². The number of carbonyl (C=O) groups excluding carboxylic acids is 1. The predicted octanol–water partition coefficient (Wildman–Crippen LogP) is 4.39. The van der Waals surface area contributed by atoms with E-state index in [2.05, 4.69) is 11.5 Å². The molecule has 0 bridgehead atoms. The minimum Gasteiger partial charge on any atom is -0.487 e. The van der Waals surface area contributed by atoms with E-state index < -0.39 is 0 Å². The Bertz CT molecular complexity index is 1070. The van der Waals surface area contributed by atoms with Crippen LogP contribution in [0.1, 0.15) is 29.4 Å². The van der Waals surface area contributed by atoms with Crippen LogP contribution in [0.3, 0.4) is 0 Å². The number of hydrogen-bond donors (Lipinski definition) is 0. The van der Waals surface area contributed by atoms with Crippen LogP contribution in [-0.2, 0) is 13.2 Å². The molecule has 130 valence electrons. The molecule has 0 spiro atoms. The highest BCUT2D eigenvalue weighted by Gasteiger charge is 2.12. The third kappa shape index (κ3) is 3.04. The highest BCUT2D eigenvalue weighted by Crippen LogP contribution is 2.22. The zero-order valence-corrected chi connectivity index (χ0v) is 14.6. The van der Waals surface area contributed by atoms with Gasteiger partial charge in [0.25, 0.3) is 0 Å². The summed E-state index contributed by atoms with van der Waals surface area (Å²) in [5.41, 5.74) is 5.24. The van der Waals surface area contributed by atoms with Crippen LogP contribution in [0.2, 0.25) is 0 Å². The number of aromatic nitrogens is 3. The van der Waals surface area contributed by atoms with Gasteiger partial charge >= 0.3 is 0 Å². The SMILES string of the molecule is CCCn1c(COc2ccc(C=O)cc2)cc2nc3ccccc3nc21. The lowest BCUT2D eigenvalue weighted by atomic mass is 10.2. The molecule has 0 saturated carbocycles. The molecule has 0 unspecified atom stereocenters. The summed E-state index contributed by atoms with van der Waals surface area (Å²) in [6.45, 7) is 3.43. The van der Waals surface area contributed by atoms with Crippen LogP contribution < -0.4 is 4.74 Å². The molecule has 2 aromatic carbocycles. The third-order valence-corrected chi connectivity index (χ3v) is 4.33. The quantitative estimate of drug-likeness (QED) is 0.486. The Kier molecular flexibility index (Phi) is 4.35. The lowest BCUT2D eigenvalue weighted by Gasteiger charge is -2.10. The smallest absolute Gasteiger partial charge is 0.159 e. The number of rotatable bonds is 6. The molecule has 0 saturated heterocycles. The van der Waals surface area contributed by atoms with E-state index >= 15 is 0 Å². The molecule has 0 aliphatic heterocycles. The molecule has 5 heteroatoms. The number of aldehydes is 1. The molecule has 5 nitrogen and oxygen atoms in total. The van der Waals surface area contributed by atoms with Gasteiger partial charge in [0.15, 0.2) is 5.65 Å². The number of fused-ring (bicyclic) bond motifs is 2. The zero-order chi connectivity index (χ0) is 17.9. The molecule has 0 aliphatic rings. The average molecular weight is 345 g/mol. The Balaban J connectivity index is 1.69. The van der Waals surface area contributed by atoms with E-state index in [1.807, 2.05) is 30.3 Å². The lowest BCUT2D eigenvalue weighted by Crippen LogP contribution is -2.06. The molecule has 2 aromatic heterocycles. The summed E-state index contributed by atoms with van der Waals surface area (Å²) in [5, 5.41) is 0. The fourth-order valence-electron chi connectivity index (χ4n) is 3.06. The van der Waals surface area contributed by atoms with Gasteiger partial charge in [0.05, 0.1) is 16.7 Å². The lowest BCUT2D eigenvalue weighted by molar-refractivity contribution is 0.112. The molecule has 26 heavy (non-hydrogen) atoms. The summed E-state index contributed by atoms with van der Waals surface area (Å²) >= 11 is 0. The van der Waals surface area contributed by atoms with Crippen molar-refractivity contribution in [1.82, 2.24) is 14.5 Å². The summed E-state index contributed by atoms with van der Waals surface area (Å²) in [5.74, 6) is 0.731. The molecular weight excluding hydrogens is 326 g/mol. The third-order valence-electron chi connectivity index (χ3n) is 4.33. The summed E-state index contributed by atoms with van der Waals surface area (Å²) in [4.78, 5) is 20.3. The van der Waals surface area contributed by atoms with Crippen molar-refractivity contribution in [3.05, 3.63) is 65.9 Å². The maximum atomic E-state index is 10.8. The highest BCUT2D eigenvalue weighted by atomic mass is 16.5. The van der Waals surface area contributed by atoms with E-state index in [0.717, 1.165) is 52.9 Å². The fraction of sp³-hybridized carbons (Fsp3) is 0.190. The number of benzene rings is 2. The van der Waals surface area contributed by atoms with Crippen LogP contribution in [0.15, 0.2) is 54.6 Å². The summed E-state index contributed by atoms with van der Waals surface area (Å²) in [7, 11) is 0. The number of hydrogen-bond acceptors (Lipinski definition) is 4. The van der Waals surface area contributed by atoms with Crippen molar-refractivity contribution in [2.75, 3.05) is 0 Å². The van der Waals surface area contributed by atoms with Crippen molar-refractivity contribution in [3.8, 4) is 5.75 Å². The van der Waals surface area contributed by atoms with Gasteiger partial charge in [-0.2, -0.15) is 0 Å². The topological polar surface area (TPSA) is 57.0 Å². The monoisotopic (exact) mass is 345 g/mol. The highest BCUT2D eigenvalue weighted by molar-refractivity contribution is 5.85. The van der Waals surface area contributed by atoms with E-state index in [9.17, 15) is 4.79 Å². The van der Waals surface area contributed by atoms with E-state index in [1.54, 1.807) is 24.3 Å². The van der Waals surface area contributed by atoms with Gasteiger partial charge in [0.1, 0.15) is 24.2 Å². The van der Waals surface area contributed by atoms with Crippen LogP contribution in [-0.4, -0.2) is 20.8 Å². The van der Waals surface area contributed by atoms with Gasteiger partial charge in [-0.3, -0.25) is 4.79 Å². The number of para-hydroxylation sites is 2. The van der Waals surface area contributed by atoms with Gasteiger partial charge in [0.2, 0.25) is 0 Å². The summed E-state index contributed by atoms with van der Waals surface area (Å²) in [6.07, 6.45) is 1.82. The number of carbonyl (C=O) groups is 1. The van der Waals surface area contributed by atoms with Gasteiger partial charge in [-0.1, -0.05) is 19.1 Å². The van der Waals surface area contributed by atoms with Crippen LogP contribution in [0.4, 0.5) is 0 Å². The Labute approximate surface area is 151 Å². The maximum absolute atomic E-state index is 10.8. The molecule has 0 atom stereocenters. The van der Waals surface area contributed by atoms with Gasteiger partial charge in [-0.25, -0.2) is 9.97 Å². The first-order valence-electron chi connectivity index (χ1n) is 8.71. The Morgan fingerprint density at radius 2 is 1.73 bits per heavy atom. The minimum atomic E-state index is 0.425. The maximum Gasteiger partial charge on any atom is 0.159 e. The van der Waals surface area contributed by atoms with Crippen molar-refractivity contribution >= 4 is 28.5 Å². The van der Waals surface area contributed by atoms with Gasteiger partial charge in [0, 0.05) is 12.1 Å². The first-order chi connectivity index (χ1) is 12.8. The van der Waals surface area contributed by atoms with Crippen LogP contribution >= 0.6 is 0 Å². The van der Waals surface area contributed by atoms with Gasteiger partial charge < -0.3 is 9.30 Å². The van der Waals surface area contributed by atoms with Crippen molar-refractivity contribution in [2.45, 2.75) is 26.5 Å². The second kappa shape index (κ2) is 6.96. The summed E-state index contributed by atoms with van der Waals surface area (Å²) < 4.78 is 8.09. The first kappa shape index (κ1) is 16.3. The second-order valence-corrected chi connectivity index (χ2v) is 6.18. The second-order valence-electron chi connectivity index (χ2n) is 6.18. The van der Waals surface area contributed by atoms with Crippen LogP contribution in [0, 0.1) is 0 Å². The van der Waals surface area contributed by atoms with Gasteiger partial charge in [-0.05, 0) is 48.9 Å². The van der Waals surface area contributed by atoms with Crippen molar-refractivity contribution < 1.29 is 9.53 Å². The van der Waals surface area contributed by atoms with E-state index in [0.29, 0.717) is 12.2 Å². The Hall–Kier alpha value is -3.21. The van der Waals surface area contributed by atoms with Crippen molar-refractivity contribution in [3.63, 3.8) is 0 Å². The molecule has 0 N–H and O–H groups in total. The largest absolute Gasteiger partial charge is 0.487 e. The minimum absolute atomic E-state index is 0.425. The Morgan fingerprint density at radius 1 is 1.00 bits per heavy atom. The molecule has 0 amide bonds. The van der Waals surface area contributed by atoms with E-state index in [-0.39, 0.29) is 0 Å². The molecule has 0 fully saturated rings. The predicted molar refractivity (Wildman–Crippen MR) is 101 cm³/mol. The van der Waals surface area contributed by atoms with E-state index in [4.69, 9.17) is 14.7 Å². The normalized spacial score (nSPS) is 11.1.